The lowest BCUT2D eigenvalue weighted by Crippen LogP contribution is -2.10. The third kappa shape index (κ3) is 3.57. The Morgan fingerprint density at radius 3 is 2.30 bits per heavy atom. The van der Waals surface area contributed by atoms with E-state index in [4.69, 9.17) is 0 Å². The lowest BCUT2D eigenvalue weighted by atomic mass is 10.0. The summed E-state index contributed by atoms with van der Waals surface area (Å²) < 4.78 is 0. The summed E-state index contributed by atoms with van der Waals surface area (Å²) in [5.74, 6) is 0. The molecule has 2 rings (SSSR count). The van der Waals surface area contributed by atoms with Crippen LogP contribution >= 0.6 is 0 Å². The number of rotatable bonds is 6. The minimum Gasteiger partial charge on any atom is -0.378 e. The summed E-state index contributed by atoms with van der Waals surface area (Å²) >= 11 is 0. The van der Waals surface area contributed by atoms with Crippen LogP contribution in [0.25, 0.3) is 0 Å². The van der Waals surface area contributed by atoms with Crippen molar-refractivity contribution < 1.29 is 4.92 Å². The highest BCUT2D eigenvalue weighted by atomic mass is 16.6. The van der Waals surface area contributed by atoms with Gasteiger partial charge in [-0.2, -0.15) is 0 Å². The molecule has 0 radical (unpaired) electrons. The summed E-state index contributed by atoms with van der Waals surface area (Å²) in [5, 5.41) is 14.1. The van der Waals surface area contributed by atoms with Crippen molar-refractivity contribution >= 4 is 11.4 Å². The van der Waals surface area contributed by atoms with Crippen molar-refractivity contribution in [1.29, 1.82) is 0 Å². The van der Waals surface area contributed by atoms with E-state index in [1.807, 2.05) is 18.2 Å². The van der Waals surface area contributed by atoms with Gasteiger partial charge in [0.2, 0.25) is 0 Å². The molecule has 0 amide bonds. The van der Waals surface area contributed by atoms with Gasteiger partial charge in [-0.3, -0.25) is 10.1 Å². The zero-order valence-corrected chi connectivity index (χ0v) is 11.5. The zero-order chi connectivity index (χ0) is 14.4. The molecule has 2 aromatic carbocycles. The highest BCUT2D eigenvalue weighted by Crippen LogP contribution is 2.25. The van der Waals surface area contributed by atoms with Crippen molar-refractivity contribution in [2.24, 2.45) is 0 Å². The Morgan fingerprint density at radius 1 is 1.10 bits per heavy atom. The molecule has 0 fully saturated rings. The average Bonchev–Trinajstić information content (AvgIpc) is 2.48. The van der Waals surface area contributed by atoms with Crippen LogP contribution in [0.15, 0.2) is 54.6 Å². The molecule has 0 saturated heterocycles. The first kappa shape index (κ1) is 14.1. The summed E-state index contributed by atoms with van der Waals surface area (Å²) in [5.41, 5.74) is 2.24. The topological polar surface area (TPSA) is 55.2 Å². The van der Waals surface area contributed by atoms with Crippen molar-refractivity contribution in [3.63, 3.8) is 0 Å². The number of nitro benzene ring substituents is 1. The second-order valence-corrected chi connectivity index (χ2v) is 4.70. The number of hydrogen-bond acceptors (Lipinski definition) is 3. The van der Waals surface area contributed by atoms with Gasteiger partial charge in [0.05, 0.1) is 11.0 Å². The van der Waals surface area contributed by atoms with Crippen LogP contribution in [-0.2, 0) is 0 Å². The molecule has 0 aliphatic heterocycles. The quantitative estimate of drug-likeness (QED) is 0.619. The molecule has 104 valence electrons. The first-order valence-electron chi connectivity index (χ1n) is 6.76. The molecule has 2 aromatic rings. The lowest BCUT2D eigenvalue weighted by molar-refractivity contribution is -0.384. The SMILES string of the molecule is CCCC(Nc1ccc([N+](=O)[O-])cc1)c1ccccc1. The van der Waals surface area contributed by atoms with Crippen molar-refractivity contribution in [3.05, 3.63) is 70.3 Å². The number of non-ortho nitro benzene ring substituents is 1. The minimum absolute atomic E-state index is 0.113. The minimum atomic E-state index is -0.384. The van der Waals surface area contributed by atoms with E-state index in [1.54, 1.807) is 12.1 Å². The highest BCUT2D eigenvalue weighted by Gasteiger charge is 2.11. The van der Waals surface area contributed by atoms with Crippen molar-refractivity contribution in [2.45, 2.75) is 25.8 Å². The largest absolute Gasteiger partial charge is 0.378 e. The van der Waals surface area contributed by atoms with Crippen LogP contribution in [0.4, 0.5) is 11.4 Å². The molecular formula is C16H18N2O2. The number of hydrogen-bond donors (Lipinski definition) is 1. The Labute approximate surface area is 118 Å². The van der Waals surface area contributed by atoms with Gasteiger partial charge in [-0.15, -0.1) is 0 Å². The monoisotopic (exact) mass is 270 g/mol. The number of nitrogens with zero attached hydrogens (tertiary/aromatic N) is 1. The van der Waals surface area contributed by atoms with Crippen LogP contribution in [0.1, 0.15) is 31.4 Å². The lowest BCUT2D eigenvalue weighted by Gasteiger charge is -2.19. The fourth-order valence-corrected chi connectivity index (χ4v) is 2.18. The Bertz CT molecular complexity index is 552. The highest BCUT2D eigenvalue weighted by molar-refractivity contribution is 5.50. The summed E-state index contributed by atoms with van der Waals surface area (Å²) in [7, 11) is 0. The van der Waals surface area contributed by atoms with Crippen LogP contribution < -0.4 is 5.32 Å². The normalized spacial score (nSPS) is 11.8. The van der Waals surface area contributed by atoms with Crippen LogP contribution in [0.3, 0.4) is 0 Å². The predicted molar refractivity (Wildman–Crippen MR) is 80.8 cm³/mol. The van der Waals surface area contributed by atoms with E-state index in [1.165, 1.54) is 17.7 Å². The van der Waals surface area contributed by atoms with E-state index in [9.17, 15) is 10.1 Å². The van der Waals surface area contributed by atoms with Crippen LogP contribution in [0.2, 0.25) is 0 Å². The molecule has 20 heavy (non-hydrogen) atoms. The second kappa shape index (κ2) is 6.70. The number of anilines is 1. The van der Waals surface area contributed by atoms with Gasteiger partial charge < -0.3 is 5.32 Å². The first-order valence-corrected chi connectivity index (χ1v) is 6.76. The third-order valence-corrected chi connectivity index (χ3v) is 3.20. The molecule has 0 heterocycles. The Kier molecular flexibility index (Phi) is 4.71. The first-order chi connectivity index (χ1) is 9.70. The fraction of sp³-hybridized carbons (Fsp3) is 0.250. The second-order valence-electron chi connectivity index (χ2n) is 4.70. The van der Waals surface area contributed by atoms with Gasteiger partial charge in [0, 0.05) is 17.8 Å². The summed E-state index contributed by atoms with van der Waals surface area (Å²) in [4.78, 5) is 10.3. The van der Waals surface area contributed by atoms with E-state index in [2.05, 4.69) is 24.4 Å². The van der Waals surface area contributed by atoms with E-state index >= 15 is 0 Å². The Hall–Kier alpha value is -2.36. The molecule has 0 spiro atoms. The Balaban J connectivity index is 2.14. The van der Waals surface area contributed by atoms with Crippen molar-refractivity contribution in [3.8, 4) is 0 Å². The smallest absolute Gasteiger partial charge is 0.269 e. The molecule has 1 unspecified atom stereocenters. The van der Waals surface area contributed by atoms with Gasteiger partial charge in [0.15, 0.2) is 0 Å². The summed E-state index contributed by atoms with van der Waals surface area (Å²) in [6.45, 7) is 2.15. The molecular weight excluding hydrogens is 252 g/mol. The molecule has 0 aliphatic carbocycles. The maximum absolute atomic E-state index is 10.6. The molecule has 4 heteroatoms. The number of benzene rings is 2. The van der Waals surface area contributed by atoms with Crippen molar-refractivity contribution in [2.75, 3.05) is 5.32 Å². The zero-order valence-electron chi connectivity index (χ0n) is 11.5. The molecule has 4 nitrogen and oxygen atoms in total. The maximum Gasteiger partial charge on any atom is 0.269 e. The van der Waals surface area contributed by atoms with Gasteiger partial charge in [-0.1, -0.05) is 43.7 Å². The van der Waals surface area contributed by atoms with E-state index in [0.29, 0.717) is 0 Å². The fourth-order valence-electron chi connectivity index (χ4n) is 2.18. The summed E-state index contributed by atoms with van der Waals surface area (Å²) in [6.07, 6.45) is 2.08. The van der Waals surface area contributed by atoms with Gasteiger partial charge in [0.1, 0.15) is 0 Å². The van der Waals surface area contributed by atoms with Crippen LogP contribution in [0.5, 0.6) is 0 Å². The molecule has 1 atom stereocenters. The maximum atomic E-state index is 10.6. The Morgan fingerprint density at radius 2 is 1.75 bits per heavy atom. The average molecular weight is 270 g/mol. The molecule has 1 N–H and O–H groups in total. The van der Waals surface area contributed by atoms with E-state index in [-0.39, 0.29) is 16.7 Å². The third-order valence-electron chi connectivity index (χ3n) is 3.20. The molecule has 0 saturated carbocycles. The van der Waals surface area contributed by atoms with Crippen LogP contribution in [0, 0.1) is 10.1 Å². The molecule has 0 aromatic heterocycles. The standard InChI is InChI=1S/C16H18N2O2/c1-2-6-16(13-7-4-3-5-8-13)17-14-9-11-15(12-10-14)18(19)20/h3-5,7-12,16-17H,2,6H2,1H3. The summed E-state index contributed by atoms with van der Waals surface area (Å²) in [6, 6.07) is 17.0. The van der Waals surface area contributed by atoms with E-state index < -0.39 is 0 Å². The van der Waals surface area contributed by atoms with E-state index in [0.717, 1.165) is 18.5 Å². The number of nitrogens with one attached hydrogen (secondary N) is 1. The van der Waals surface area contributed by atoms with Gasteiger partial charge in [-0.05, 0) is 24.1 Å². The van der Waals surface area contributed by atoms with Gasteiger partial charge in [0.25, 0.3) is 5.69 Å². The predicted octanol–water partition coefficient (Wildman–Crippen LogP) is 4.55. The number of nitro groups is 1. The van der Waals surface area contributed by atoms with Crippen molar-refractivity contribution in [1.82, 2.24) is 0 Å². The van der Waals surface area contributed by atoms with Crippen LogP contribution in [-0.4, -0.2) is 4.92 Å². The van der Waals surface area contributed by atoms with Gasteiger partial charge in [-0.25, -0.2) is 0 Å². The molecule has 0 aliphatic rings. The molecule has 0 bridgehead atoms. The van der Waals surface area contributed by atoms with Gasteiger partial charge >= 0.3 is 0 Å².